The minimum atomic E-state index is -0.716. The Morgan fingerprint density at radius 2 is 1.90 bits per heavy atom. The number of fused-ring (bicyclic) bond motifs is 1. The number of halogens is 2. The largest absolute Gasteiger partial charge is 0.388 e. The van der Waals surface area contributed by atoms with Crippen molar-refractivity contribution < 1.29 is 9.50 Å². The summed E-state index contributed by atoms with van der Waals surface area (Å²) >= 11 is 6.08. The minimum absolute atomic E-state index is 0.0872. The van der Waals surface area contributed by atoms with E-state index >= 15 is 0 Å². The molecular weight excluding hydrogens is 275 g/mol. The first-order valence-electron chi connectivity index (χ1n) is 6.85. The first kappa shape index (κ1) is 13.6. The second-order valence-corrected chi connectivity index (χ2v) is 5.79. The Kier molecular flexibility index (Phi) is 3.77. The molecule has 1 aliphatic rings. The molecule has 2 aromatic carbocycles. The molecule has 0 aliphatic heterocycles. The molecule has 0 spiro atoms. The van der Waals surface area contributed by atoms with Crippen LogP contribution in [0.2, 0.25) is 5.02 Å². The van der Waals surface area contributed by atoms with E-state index in [4.69, 9.17) is 11.6 Å². The second-order valence-electron chi connectivity index (χ2n) is 5.38. The highest BCUT2D eigenvalue weighted by molar-refractivity contribution is 6.31. The van der Waals surface area contributed by atoms with Crippen LogP contribution in [0.5, 0.6) is 0 Å². The van der Waals surface area contributed by atoms with Crippen LogP contribution in [0.1, 0.15) is 29.2 Å². The fraction of sp³-hybridized carbons (Fsp3) is 0.294. The van der Waals surface area contributed by atoms with Gasteiger partial charge in [0, 0.05) is 10.6 Å². The molecule has 0 bridgehead atoms. The van der Waals surface area contributed by atoms with Gasteiger partial charge in [0.25, 0.3) is 0 Å². The molecule has 0 saturated carbocycles. The first-order chi connectivity index (χ1) is 9.65. The SMILES string of the molecule is OC(c1cc(F)ccc1Cl)C1CCc2ccccc2C1. The smallest absolute Gasteiger partial charge is 0.123 e. The molecule has 0 heterocycles. The van der Waals surface area contributed by atoms with Gasteiger partial charge >= 0.3 is 0 Å². The minimum Gasteiger partial charge on any atom is -0.388 e. The van der Waals surface area contributed by atoms with Crippen LogP contribution in [0.25, 0.3) is 0 Å². The van der Waals surface area contributed by atoms with Crippen LogP contribution >= 0.6 is 11.6 Å². The Labute approximate surface area is 123 Å². The lowest BCUT2D eigenvalue weighted by atomic mass is 9.79. The van der Waals surface area contributed by atoms with Crippen molar-refractivity contribution >= 4 is 11.6 Å². The topological polar surface area (TPSA) is 20.2 Å². The molecule has 104 valence electrons. The first-order valence-corrected chi connectivity index (χ1v) is 7.23. The van der Waals surface area contributed by atoms with Crippen molar-refractivity contribution in [2.75, 3.05) is 0 Å². The van der Waals surface area contributed by atoms with E-state index in [9.17, 15) is 9.50 Å². The third kappa shape index (κ3) is 2.58. The predicted molar refractivity (Wildman–Crippen MR) is 78.3 cm³/mol. The summed E-state index contributed by atoms with van der Waals surface area (Å²) in [5, 5.41) is 11.0. The van der Waals surface area contributed by atoms with Gasteiger partial charge in [-0.2, -0.15) is 0 Å². The molecule has 0 radical (unpaired) electrons. The fourth-order valence-electron chi connectivity index (χ4n) is 2.99. The van der Waals surface area contributed by atoms with Crippen molar-refractivity contribution in [3.63, 3.8) is 0 Å². The molecule has 2 aromatic rings. The lowest BCUT2D eigenvalue weighted by molar-refractivity contribution is 0.0993. The number of hydrogen-bond acceptors (Lipinski definition) is 1. The summed E-state index contributed by atoms with van der Waals surface area (Å²) in [5.41, 5.74) is 3.12. The van der Waals surface area contributed by atoms with Gasteiger partial charge < -0.3 is 5.11 Å². The highest BCUT2D eigenvalue weighted by atomic mass is 35.5. The van der Waals surface area contributed by atoms with E-state index in [1.54, 1.807) is 0 Å². The molecule has 1 N–H and O–H groups in total. The molecular formula is C17H16ClFO. The van der Waals surface area contributed by atoms with Gasteiger partial charge in [-0.3, -0.25) is 0 Å². The standard InChI is InChI=1S/C17H16ClFO/c18-16-8-7-14(19)10-15(16)17(20)13-6-5-11-3-1-2-4-12(11)9-13/h1-4,7-8,10,13,17,20H,5-6,9H2. The summed E-state index contributed by atoms with van der Waals surface area (Å²) in [4.78, 5) is 0. The molecule has 1 nitrogen and oxygen atoms in total. The second kappa shape index (κ2) is 5.55. The summed E-state index contributed by atoms with van der Waals surface area (Å²) < 4.78 is 13.3. The average Bonchev–Trinajstić information content (AvgIpc) is 2.48. The summed E-state index contributed by atoms with van der Waals surface area (Å²) in [5.74, 6) is -0.274. The fourth-order valence-corrected chi connectivity index (χ4v) is 3.22. The maximum atomic E-state index is 13.3. The van der Waals surface area contributed by atoms with Gasteiger partial charge in [-0.25, -0.2) is 4.39 Å². The number of aliphatic hydroxyl groups is 1. The Bertz CT molecular complexity index is 626. The molecule has 0 fully saturated rings. The van der Waals surface area contributed by atoms with Crippen LogP contribution in [-0.2, 0) is 12.8 Å². The molecule has 2 unspecified atom stereocenters. The molecule has 0 saturated heterocycles. The van der Waals surface area contributed by atoms with Gasteiger partial charge in [0.1, 0.15) is 5.82 Å². The Hall–Kier alpha value is -1.38. The van der Waals surface area contributed by atoms with Gasteiger partial charge in [0.2, 0.25) is 0 Å². The summed E-state index contributed by atoms with van der Waals surface area (Å²) in [6.07, 6.45) is 1.94. The monoisotopic (exact) mass is 290 g/mol. The lowest BCUT2D eigenvalue weighted by Crippen LogP contribution is -2.21. The van der Waals surface area contributed by atoms with E-state index in [1.807, 2.05) is 12.1 Å². The molecule has 0 amide bonds. The number of aliphatic hydroxyl groups excluding tert-OH is 1. The molecule has 20 heavy (non-hydrogen) atoms. The van der Waals surface area contributed by atoms with Crippen molar-refractivity contribution in [3.05, 3.63) is 70.0 Å². The predicted octanol–water partition coefficient (Wildman–Crippen LogP) is 4.32. The molecule has 3 heteroatoms. The Balaban J connectivity index is 1.85. The van der Waals surface area contributed by atoms with Crippen molar-refractivity contribution in [1.82, 2.24) is 0 Å². The third-order valence-electron chi connectivity index (χ3n) is 4.11. The van der Waals surface area contributed by atoms with Crippen LogP contribution in [-0.4, -0.2) is 5.11 Å². The molecule has 1 aliphatic carbocycles. The normalized spacial score (nSPS) is 19.4. The summed E-state index contributed by atoms with van der Waals surface area (Å²) in [7, 11) is 0. The summed E-state index contributed by atoms with van der Waals surface area (Å²) in [6, 6.07) is 12.4. The highest BCUT2D eigenvalue weighted by Crippen LogP contribution is 2.36. The molecule has 3 rings (SSSR count). The van der Waals surface area contributed by atoms with Crippen LogP contribution in [0.3, 0.4) is 0 Å². The van der Waals surface area contributed by atoms with Crippen LogP contribution in [0, 0.1) is 11.7 Å². The van der Waals surface area contributed by atoms with E-state index in [1.165, 1.54) is 29.3 Å². The number of aryl methyl sites for hydroxylation is 1. The average molecular weight is 291 g/mol. The van der Waals surface area contributed by atoms with E-state index in [0.29, 0.717) is 10.6 Å². The maximum absolute atomic E-state index is 13.3. The zero-order valence-corrected chi connectivity index (χ0v) is 11.8. The lowest BCUT2D eigenvalue weighted by Gasteiger charge is -2.29. The quantitative estimate of drug-likeness (QED) is 0.873. The zero-order chi connectivity index (χ0) is 14.1. The zero-order valence-electron chi connectivity index (χ0n) is 11.0. The van der Waals surface area contributed by atoms with Crippen molar-refractivity contribution in [3.8, 4) is 0 Å². The van der Waals surface area contributed by atoms with Crippen LogP contribution < -0.4 is 0 Å². The Morgan fingerprint density at radius 1 is 1.15 bits per heavy atom. The molecule has 2 atom stereocenters. The van der Waals surface area contributed by atoms with E-state index in [2.05, 4.69) is 12.1 Å². The van der Waals surface area contributed by atoms with E-state index < -0.39 is 6.10 Å². The summed E-state index contributed by atoms with van der Waals surface area (Å²) in [6.45, 7) is 0. The van der Waals surface area contributed by atoms with Crippen molar-refractivity contribution in [1.29, 1.82) is 0 Å². The number of benzene rings is 2. The van der Waals surface area contributed by atoms with E-state index in [0.717, 1.165) is 19.3 Å². The highest BCUT2D eigenvalue weighted by Gasteiger charge is 2.27. The van der Waals surface area contributed by atoms with Gasteiger partial charge in [0.05, 0.1) is 6.10 Å². The van der Waals surface area contributed by atoms with Gasteiger partial charge in [-0.1, -0.05) is 35.9 Å². The third-order valence-corrected chi connectivity index (χ3v) is 4.45. The van der Waals surface area contributed by atoms with Crippen LogP contribution in [0.15, 0.2) is 42.5 Å². The van der Waals surface area contributed by atoms with Gasteiger partial charge in [0.15, 0.2) is 0 Å². The van der Waals surface area contributed by atoms with Gasteiger partial charge in [-0.05, 0) is 54.5 Å². The maximum Gasteiger partial charge on any atom is 0.123 e. The van der Waals surface area contributed by atoms with Crippen LogP contribution in [0.4, 0.5) is 4.39 Å². The van der Waals surface area contributed by atoms with E-state index in [-0.39, 0.29) is 11.7 Å². The number of hydrogen-bond donors (Lipinski definition) is 1. The Morgan fingerprint density at radius 3 is 2.70 bits per heavy atom. The van der Waals surface area contributed by atoms with Crippen molar-refractivity contribution in [2.45, 2.75) is 25.4 Å². The van der Waals surface area contributed by atoms with Crippen molar-refractivity contribution in [2.24, 2.45) is 5.92 Å². The number of rotatable bonds is 2. The van der Waals surface area contributed by atoms with Gasteiger partial charge in [-0.15, -0.1) is 0 Å². The molecule has 0 aromatic heterocycles.